The molecular formula is C32H39FN4O3S. The summed E-state index contributed by atoms with van der Waals surface area (Å²) in [5.41, 5.74) is 8.17. The van der Waals surface area contributed by atoms with Gasteiger partial charge in [0.2, 0.25) is 5.91 Å². The second kappa shape index (κ2) is 13.6. The Morgan fingerprint density at radius 3 is 2.49 bits per heavy atom. The highest BCUT2D eigenvalue weighted by Gasteiger charge is 2.39. The minimum Gasteiger partial charge on any atom is -0.497 e. The molecule has 1 saturated heterocycles. The Kier molecular flexibility index (Phi) is 9.69. The monoisotopic (exact) mass is 578 g/mol. The smallest absolute Gasteiger partial charge is 0.264 e. The zero-order chi connectivity index (χ0) is 28.8. The van der Waals surface area contributed by atoms with Crippen LogP contribution in [-0.2, 0) is 17.9 Å². The molecule has 7 nitrogen and oxygen atoms in total. The van der Waals surface area contributed by atoms with Crippen LogP contribution < -0.4 is 15.8 Å². The molecular weight excluding hydrogens is 539 g/mol. The maximum atomic E-state index is 13.8. The van der Waals surface area contributed by atoms with Crippen molar-refractivity contribution in [2.75, 3.05) is 13.7 Å². The molecule has 2 atom stereocenters. The number of rotatable bonds is 9. The van der Waals surface area contributed by atoms with Crippen LogP contribution in [0.3, 0.4) is 0 Å². The molecule has 41 heavy (non-hydrogen) atoms. The van der Waals surface area contributed by atoms with Crippen molar-refractivity contribution in [1.29, 1.82) is 0 Å². The van der Waals surface area contributed by atoms with Crippen LogP contribution in [0.4, 0.5) is 4.39 Å². The lowest BCUT2D eigenvalue weighted by molar-refractivity contribution is -0.128. The number of amides is 2. The third-order valence-electron chi connectivity index (χ3n) is 8.32. The minimum absolute atomic E-state index is 0.0363. The number of carbonyl (C=O) groups is 2. The van der Waals surface area contributed by atoms with Crippen molar-refractivity contribution in [2.24, 2.45) is 5.73 Å². The SMILES string of the molecule is COc1cccc(CN(Cc2ccc(F)cc2)C2CCN(C(=O)c3cccs3)[C@@H](C(=O)NC3CCC(N)CC3)C2)c1. The number of hydrogen-bond acceptors (Lipinski definition) is 6. The summed E-state index contributed by atoms with van der Waals surface area (Å²) in [6.45, 7) is 1.70. The first kappa shape index (κ1) is 29.2. The molecule has 5 rings (SSSR count). The molecule has 3 aromatic rings. The molecule has 1 unspecified atom stereocenters. The summed E-state index contributed by atoms with van der Waals surface area (Å²) in [5.74, 6) is 0.323. The molecule has 218 valence electrons. The molecule has 2 aromatic carbocycles. The van der Waals surface area contributed by atoms with Gasteiger partial charge in [-0.15, -0.1) is 11.3 Å². The zero-order valence-corrected chi connectivity index (χ0v) is 24.3. The largest absolute Gasteiger partial charge is 0.497 e. The lowest BCUT2D eigenvalue weighted by Gasteiger charge is -2.43. The Labute approximate surface area is 245 Å². The molecule has 1 aliphatic carbocycles. The number of benzene rings is 2. The van der Waals surface area contributed by atoms with E-state index in [0.29, 0.717) is 30.9 Å². The Bertz CT molecular complexity index is 1290. The van der Waals surface area contributed by atoms with Crippen molar-refractivity contribution >= 4 is 23.2 Å². The summed E-state index contributed by atoms with van der Waals surface area (Å²) in [4.78, 5) is 32.1. The van der Waals surface area contributed by atoms with Gasteiger partial charge in [0, 0.05) is 37.8 Å². The van der Waals surface area contributed by atoms with Crippen LogP contribution in [0.25, 0.3) is 0 Å². The van der Waals surface area contributed by atoms with E-state index in [9.17, 15) is 14.0 Å². The summed E-state index contributed by atoms with van der Waals surface area (Å²) in [6.07, 6.45) is 4.73. The van der Waals surface area contributed by atoms with E-state index in [0.717, 1.165) is 49.0 Å². The first-order valence-corrected chi connectivity index (χ1v) is 15.3. The van der Waals surface area contributed by atoms with E-state index in [4.69, 9.17) is 10.5 Å². The molecule has 3 N–H and O–H groups in total. The van der Waals surface area contributed by atoms with E-state index >= 15 is 0 Å². The van der Waals surface area contributed by atoms with E-state index in [1.54, 1.807) is 24.1 Å². The molecule has 1 saturated carbocycles. The minimum atomic E-state index is -0.583. The normalized spacial score (nSPS) is 22.9. The van der Waals surface area contributed by atoms with Crippen LogP contribution in [0, 0.1) is 5.82 Å². The summed E-state index contributed by atoms with van der Waals surface area (Å²) in [7, 11) is 1.65. The highest BCUT2D eigenvalue weighted by molar-refractivity contribution is 7.12. The van der Waals surface area contributed by atoms with Crippen molar-refractivity contribution < 1.29 is 18.7 Å². The van der Waals surface area contributed by atoms with Gasteiger partial charge in [-0.05, 0) is 85.4 Å². The Hall–Kier alpha value is -3.27. The van der Waals surface area contributed by atoms with Gasteiger partial charge in [0.05, 0.1) is 12.0 Å². The van der Waals surface area contributed by atoms with E-state index in [-0.39, 0.29) is 35.8 Å². The Morgan fingerprint density at radius 1 is 1.02 bits per heavy atom. The van der Waals surface area contributed by atoms with E-state index in [2.05, 4.69) is 16.3 Å². The first-order chi connectivity index (χ1) is 19.9. The number of nitrogens with one attached hydrogen (secondary N) is 1. The number of nitrogens with zero attached hydrogens (tertiary/aromatic N) is 2. The van der Waals surface area contributed by atoms with E-state index < -0.39 is 6.04 Å². The summed E-state index contributed by atoms with van der Waals surface area (Å²) in [6, 6.07) is 17.9. The van der Waals surface area contributed by atoms with Gasteiger partial charge in [-0.25, -0.2) is 4.39 Å². The van der Waals surface area contributed by atoms with E-state index in [1.807, 2.05) is 35.7 Å². The van der Waals surface area contributed by atoms with Crippen LogP contribution in [0.2, 0.25) is 0 Å². The van der Waals surface area contributed by atoms with Crippen molar-refractivity contribution in [1.82, 2.24) is 15.1 Å². The van der Waals surface area contributed by atoms with E-state index in [1.165, 1.54) is 23.5 Å². The van der Waals surface area contributed by atoms with Gasteiger partial charge in [0.1, 0.15) is 17.6 Å². The second-order valence-electron chi connectivity index (χ2n) is 11.2. The van der Waals surface area contributed by atoms with Gasteiger partial charge in [-0.2, -0.15) is 0 Å². The first-order valence-electron chi connectivity index (χ1n) is 14.4. The van der Waals surface area contributed by atoms with Crippen molar-refractivity contribution in [3.8, 4) is 5.75 Å². The zero-order valence-electron chi connectivity index (χ0n) is 23.5. The second-order valence-corrected chi connectivity index (χ2v) is 12.1. The van der Waals surface area contributed by atoms with Crippen LogP contribution in [0.15, 0.2) is 66.0 Å². The maximum absolute atomic E-state index is 13.8. The quantitative estimate of drug-likeness (QED) is 0.375. The van der Waals surface area contributed by atoms with Gasteiger partial charge >= 0.3 is 0 Å². The fraction of sp³-hybridized carbons (Fsp3) is 0.438. The number of nitrogens with two attached hydrogens (primary N) is 1. The van der Waals surface area contributed by atoms with Crippen LogP contribution >= 0.6 is 11.3 Å². The molecule has 2 fully saturated rings. The van der Waals surface area contributed by atoms with Gasteiger partial charge in [-0.3, -0.25) is 14.5 Å². The summed E-state index contributed by atoms with van der Waals surface area (Å²) < 4.78 is 19.1. The van der Waals surface area contributed by atoms with Crippen LogP contribution in [0.5, 0.6) is 5.75 Å². The van der Waals surface area contributed by atoms with Crippen molar-refractivity contribution in [3.63, 3.8) is 0 Å². The highest BCUT2D eigenvalue weighted by atomic mass is 32.1. The maximum Gasteiger partial charge on any atom is 0.264 e. The number of ether oxygens (including phenoxy) is 1. The Morgan fingerprint density at radius 2 is 1.78 bits per heavy atom. The van der Waals surface area contributed by atoms with Crippen LogP contribution in [-0.4, -0.2) is 59.4 Å². The lowest BCUT2D eigenvalue weighted by atomic mass is 9.90. The standard InChI is InChI=1S/C32H39FN4O3S/c1-40-28-5-2-4-23(18-28)21-36(20-22-7-9-24(33)10-8-22)27-15-16-37(32(39)30-6-3-17-41-30)29(19-27)31(38)35-26-13-11-25(34)12-14-26/h2-10,17-18,25-27,29H,11-16,19-21,34H2,1H3,(H,35,38)/t25?,26?,27?,29-/m1/s1. The Balaban J connectivity index is 1.39. The number of methoxy groups -OCH3 is 1. The lowest BCUT2D eigenvalue weighted by Crippen LogP contribution is -2.58. The van der Waals surface area contributed by atoms with Crippen LogP contribution in [0.1, 0.15) is 59.3 Å². The molecule has 0 bridgehead atoms. The molecule has 1 aromatic heterocycles. The van der Waals surface area contributed by atoms with Gasteiger partial charge < -0.3 is 20.7 Å². The topological polar surface area (TPSA) is 87.9 Å². The number of thiophene rings is 1. The average molecular weight is 579 g/mol. The predicted octanol–water partition coefficient (Wildman–Crippen LogP) is 4.96. The number of hydrogen-bond donors (Lipinski definition) is 2. The highest BCUT2D eigenvalue weighted by Crippen LogP contribution is 2.29. The van der Waals surface area contributed by atoms with Gasteiger partial charge in [0.25, 0.3) is 5.91 Å². The fourth-order valence-electron chi connectivity index (χ4n) is 6.02. The molecule has 0 radical (unpaired) electrons. The number of likely N-dealkylation sites (tertiary alicyclic amines) is 1. The number of piperidine rings is 1. The van der Waals surface area contributed by atoms with Crippen molar-refractivity contribution in [3.05, 3.63) is 87.9 Å². The summed E-state index contributed by atoms with van der Waals surface area (Å²) in [5, 5.41) is 5.15. The molecule has 2 heterocycles. The number of halogens is 1. The third-order valence-corrected chi connectivity index (χ3v) is 9.18. The molecule has 2 aliphatic rings. The number of carbonyl (C=O) groups excluding carboxylic acids is 2. The van der Waals surface area contributed by atoms with Gasteiger partial charge in [-0.1, -0.05) is 30.3 Å². The van der Waals surface area contributed by atoms with Crippen molar-refractivity contribution in [2.45, 2.75) is 75.8 Å². The fourth-order valence-corrected chi connectivity index (χ4v) is 6.70. The third kappa shape index (κ3) is 7.52. The average Bonchev–Trinajstić information content (AvgIpc) is 3.54. The summed E-state index contributed by atoms with van der Waals surface area (Å²) >= 11 is 1.40. The molecule has 1 aliphatic heterocycles. The molecule has 2 amide bonds. The molecule has 0 spiro atoms. The van der Waals surface area contributed by atoms with Gasteiger partial charge in [0.15, 0.2) is 0 Å². The predicted molar refractivity (Wildman–Crippen MR) is 159 cm³/mol. The molecule has 9 heteroatoms.